The number of ether oxygens (including phenoxy) is 1. The number of carbonyl (C=O) groups is 1. The van der Waals surface area contributed by atoms with E-state index in [0.717, 1.165) is 43.4 Å². The third-order valence-electron chi connectivity index (χ3n) is 7.16. The number of rotatable bonds is 8. The molecule has 35 heavy (non-hydrogen) atoms. The van der Waals surface area contributed by atoms with Gasteiger partial charge < -0.3 is 4.74 Å². The van der Waals surface area contributed by atoms with Crippen molar-refractivity contribution in [2.75, 3.05) is 13.1 Å². The first-order valence-corrected chi connectivity index (χ1v) is 13.8. The molecule has 1 unspecified atom stereocenters. The first-order chi connectivity index (χ1) is 16.7. The van der Waals surface area contributed by atoms with Crippen LogP contribution in [0.5, 0.6) is 5.75 Å². The molecule has 1 aliphatic heterocycles. The van der Waals surface area contributed by atoms with E-state index in [0.29, 0.717) is 25.1 Å². The molecule has 0 radical (unpaired) electrons. The molecule has 188 valence electrons. The Hall–Kier alpha value is -2.52. The lowest BCUT2D eigenvalue weighted by Crippen LogP contribution is -2.42. The van der Waals surface area contributed by atoms with Gasteiger partial charge in [0, 0.05) is 18.7 Å². The SMILES string of the molecule is C[C@H](c1ccc(F)cc1)N1CCCC(Oc2cc(F)c(C(=O)NS(=O)(=O)C3CC3)cc2C2CC2)C1. The number of benzene rings is 2. The second-order valence-electron chi connectivity index (χ2n) is 9.92. The fraction of sp³-hybridized carbons (Fsp3) is 0.500. The molecule has 9 heteroatoms. The van der Waals surface area contributed by atoms with Crippen LogP contribution in [0.1, 0.15) is 78.9 Å². The largest absolute Gasteiger partial charge is 0.489 e. The number of piperidine rings is 1. The first-order valence-electron chi connectivity index (χ1n) is 12.3. The van der Waals surface area contributed by atoms with E-state index in [1.54, 1.807) is 12.1 Å². The number of nitrogens with zero attached hydrogens (tertiary/aromatic N) is 1. The van der Waals surface area contributed by atoms with E-state index >= 15 is 0 Å². The molecule has 2 saturated carbocycles. The quantitative estimate of drug-likeness (QED) is 0.566. The van der Waals surface area contributed by atoms with Crippen LogP contribution in [-0.4, -0.2) is 43.7 Å². The van der Waals surface area contributed by atoms with E-state index in [9.17, 15) is 22.0 Å². The topological polar surface area (TPSA) is 75.7 Å². The van der Waals surface area contributed by atoms with Gasteiger partial charge in [0.2, 0.25) is 10.0 Å². The maximum absolute atomic E-state index is 15.0. The minimum Gasteiger partial charge on any atom is -0.489 e. The third kappa shape index (κ3) is 5.51. The second kappa shape index (κ2) is 9.50. The molecule has 0 bridgehead atoms. The van der Waals surface area contributed by atoms with Gasteiger partial charge in [0.15, 0.2) is 0 Å². The van der Waals surface area contributed by atoms with Gasteiger partial charge in [-0.05, 0) is 87.2 Å². The molecule has 0 spiro atoms. The van der Waals surface area contributed by atoms with Crippen LogP contribution in [0.3, 0.4) is 0 Å². The van der Waals surface area contributed by atoms with Gasteiger partial charge in [0.1, 0.15) is 23.5 Å². The lowest BCUT2D eigenvalue weighted by atomic mass is 10.0. The zero-order chi connectivity index (χ0) is 24.7. The number of carbonyl (C=O) groups excluding carboxylic acids is 1. The molecule has 5 rings (SSSR count). The van der Waals surface area contributed by atoms with Crippen LogP contribution in [0.2, 0.25) is 0 Å². The number of sulfonamides is 1. The predicted octanol–water partition coefficient (Wildman–Crippen LogP) is 4.67. The number of hydrogen-bond donors (Lipinski definition) is 1. The van der Waals surface area contributed by atoms with E-state index < -0.39 is 27.0 Å². The summed E-state index contributed by atoms with van der Waals surface area (Å²) in [4.78, 5) is 14.9. The molecular formula is C26H30F2N2O4S. The summed E-state index contributed by atoms with van der Waals surface area (Å²) >= 11 is 0. The Morgan fingerprint density at radius 2 is 1.80 bits per heavy atom. The van der Waals surface area contributed by atoms with Crippen molar-refractivity contribution in [2.24, 2.45) is 0 Å². The highest BCUT2D eigenvalue weighted by molar-refractivity contribution is 7.91. The van der Waals surface area contributed by atoms with Gasteiger partial charge in [0.05, 0.1) is 10.8 Å². The molecule has 6 nitrogen and oxygen atoms in total. The first kappa shape index (κ1) is 24.2. The molecule has 1 amide bonds. The molecule has 2 atom stereocenters. The normalized spacial score (nSPS) is 22.0. The Morgan fingerprint density at radius 1 is 1.09 bits per heavy atom. The summed E-state index contributed by atoms with van der Waals surface area (Å²) in [5.41, 5.74) is 1.51. The van der Waals surface area contributed by atoms with Crippen LogP contribution < -0.4 is 9.46 Å². The van der Waals surface area contributed by atoms with Crippen molar-refractivity contribution in [1.29, 1.82) is 0 Å². The number of amides is 1. The Morgan fingerprint density at radius 3 is 2.46 bits per heavy atom. The summed E-state index contributed by atoms with van der Waals surface area (Å²) in [6.45, 7) is 3.61. The highest BCUT2D eigenvalue weighted by Crippen LogP contribution is 2.45. The van der Waals surface area contributed by atoms with Gasteiger partial charge in [-0.3, -0.25) is 9.69 Å². The average Bonchev–Trinajstić information content (AvgIpc) is 3.71. The summed E-state index contributed by atoms with van der Waals surface area (Å²) in [5, 5.41) is -0.563. The van der Waals surface area contributed by atoms with E-state index in [1.165, 1.54) is 24.3 Å². The van der Waals surface area contributed by atoms with E-state index in [4.69, 9.17) is 4.74 Å². The standard InChI is InChI=1S/C26H30F2N2O4S/c1-16(17-6-8-19(27)9-7-17)30-12-2-3-20(15-30)34-25-14-24(28)23(13-22(25)18-4-5-18)26(31)29-35(32,33)21-10-11-21/h6-9,13-14,16,18,20-21H,2-5,10-12,15H2,1H3,(H,29,31)/t16-,20?/m1/s1. The Balaban J connectivity index is 1.31. The van der Waals surface area contributed by atoms with Crippen molar-refractivity contribution >= 4 is 15.9 Å². The van der Waals surface area contributed by atoms with Crippen LogP contribution in [0.15, 0.2) is 36.4 Å². The zero-order valence-electron chi connectivity index (χ0n) is 19.7. The van der Waals surface area contributed by atoms with Crippen molar-refractivity contribution in [3.63, 3.8) is 0 Å². The fourth-order valence-electron chi connectivity index (χ4n) is 4.75. The maximum Gasteiger partial charge on any atom is 0.267 e. The smallest absolute Gasteiger partial charge is 0.267 e. The monoisotopic (exact) mass is 504 g/mol. The van der Waals surface area contributed by atoms with Crippen LogP contribution >= 0.6 is 0 Å². The van der Waals surface area contributed by atoms with Crippen LogP contribution in [0, 0.1) is 11.6 Å². The number of likely N-dealkylation sites (tertiary alicyclic amines) is 1. The number of hydrogen-bond acceptors (Lipinski definition) is 5. The van der Waals surface area contributed by atoms with E-state index in [-0.39, 0.29) is 29.4 Å². The lowest BCUT2D eigenvalue weighted by Gasteiger charge is -2.37. The zero-order valence-corrected chi connectivity index (χ0v) is 20.5. The third-order valence-corrected chi connectivity index (χ3v) is 8.98. The van der Waals surface area contributed by atoms with Crippen LogP contribution in [0.25, 0.3) is 0 Å². The second-order valence-corrected chi connectivity index (χ2v) is 11.9. The fourth-order valence-corrected chi connectivity index (χ4v) is 6.04. The highest BCUT2D eigenvalue weighted by atomic mass is 32.2. The molecule has 3 aliphatic rings. The Bertz CT molecular complexity index is 1210. The summed E-state index contributed by atoms with van der Waals surface area (Å²) in [5.74, 6) is -1.39. The molecule has 2 aromatic carbocycles. The Kier molecular flexibility index (Phi) is 6.57. The number of halogens is 2. The maximum atomic E-state index is 15.0. The summed E-state index contributed by atoms with van der Waals surface area (Å²) in [6.07, 6.45) is 4.45. The Labute approximate surface area is 204 Å². The molecule has 1 saturated heterocycles. The lowest BCUT2D eigenvalue weighted by molar-refractivity contribution is 0.0650. The molecular weight excluding hydrogens is 474 g/mol. The van der Waals surface area contributed by atoms with Gasteiger partial charge in [0.25, 0.3) is 5.91 Å². The van der Waals surface area contributed by atoms with Crippen molar-refractivity contribution in [2.45, 2.75) is 68.8 Å². The molecule has 2 aliphatic carbocycles. The van der Waals surface area contributed by atoms with E-state index in [2.05, 4.69) is 11.8 Å². The van der Waals surface area contributed by atoms with Gasteiger partial charge in [-0.1, -0.05) is 12.1 Å². The van der Waals surface area contributed by atoms with Crippen molar-refractivity contribution in [3.05, 3.63) is 64.7 Å². The molecule has 3 fully saturated rings. The van der Waals surface area contributed by atoms with Crippen molar-refractivity contribution in [3.8, 4) is 5.75 Å². The van der Waals surface area contributed by atoms with Crippen molar-refractivity contribution < 1.29 is 26.7 Å². The minimum absolute atomic E-state index is 0.0844. The summed E-state index contributed by atoms with van der Waals surface area (Å²) < 4.78 is 60.9. The van der Waals surface area contributed by atoms with Gasteiger partial charge >= 0.3 is 0 Å². The van der Waals surface area contributed by atoms with E-state index in [1.807, 2.05) is 4.72 Å². The van der Waals surface area contributed by atoms with Gasteiger partial charge in [-0.25, -0.2) is 21.9 Å². The molecule has 2 aromatic rings. The molecule has 1 heterocycles. The number of nitrogens with one attached hydrogen (secondary N) is 1. The predicted molar refractivity (Wildman–Crippen MR) is 128 cm³/mol. The van der Waals surface area contributed by atoms with Gasteiger partial charge in [-0.2, -0.15) is 0 Å². The summed E-state index contributed by atoms with van der Waals surface area (Å²) in [6, 6.07) is 9.28. The molecule has 0 aromatic heterocycles. The van der Waals surface area contributed by atoms with Crippen LogP contribution in [-0.2, 0) is 10.0 Å². The average molecular weight is 505 g/mol. The molecule has 1 N–H and O–H groups in total. The van der Waals surface area contributed by atoms with Crippen molar-refractivity contribution in [1.82, 2.24) is 9.62 Å². The minimum atomic E-state index is -3.76. The van der Waals surface area contributed by atoms with Gasteiger partial charge in [-0.15, -0.1) is 0 Å². The van der Waals surface area contributed by atoms with Crippen LogP contribution in [0.4, 0.5) is 8.78 Å². The highest BCUT2D eigenvalue weighted by Gasteiger charge is 2.38. The summed E-state index contributed by atoms with van der Waals surface area (Å²) in [7, 11) is -3.76.